The van der Waals surface area contributed by atoms with Crippen LogP contribution in [0.25, 0.3) is 5.69 Å². The Morgan fingerprint density at radius 2 is 2.00 bits per heavy atom. The lowest BCUT2D eigenvalue weighted by Gasteiger charge is -2.22. The third-order valence-electron chi connectivity index (χ3n) is 3.40. The molecule has 0 aliphatic heterocycles. The summed E-state index contributed by atoms with van der Waals surface area (Å²) < 4.78 is 1.54. The van der Waals surface area contributed by atoms with Crippen molar-refractivity contribution in [2.24, 2.45) is 5.92 Å². The summed E-state index contributed by atoms with van der Waals surface area (Å²) in [6, 6.07) is 7.18. The maximum Gasteiger partial charge on any atom is 0.323 e. The first-order valence-electron chi connectivity index (χ1n) is 7.61. The molecule has 2 aromatic rings. The van der Waals surface area contributed by atoms with Crippen molar-refractivity contribution in [1.82, 2.24) is 14.7 Å². The molecular formula is C17H20ClN3O3. The maximum atomic E-state index is 12.7. The molecule has 0 aliphatic rings. The Kier molecular flexibility index (Phi) is 5.62. The van der Waals surface area contributed by atoms with Crippen LogP contribution in [0, 0.1) is 12.8 Å². The smallest absolute Gasteiger partial charge is 0.323 e. The zero-order valence-corrected chi connectivity index (χ0v) is 14.6. The van der Waals surface area contributed by atoms with Crippen LogP contribution < -0.4 is 0 Å². The van der Waals surface area contributed by atoms with E-state index in [2.05, 4.69) is 5.10 Å². The molecule has 7 heteroatoms. The molecular weight excluding hydrogens is 330 g/mol. The molecule has 24 heavy (non-hydrogen) atoms. The van der Waals surface area contributed by atoms with E-state index in [1.165, 1.54) is 4.90 Å². The minimum Gasteiger partial charge on any atom is -0.480 e. The van der Waals surface area contributed by atoms with Crippen LogP contribution >= 0.6 is 11.6 Å². The summed E-state index contributed by atoms with van der Waals surface area (Å²) in [7, 11) is 0. The Hall–Kier alpha value is -2.34. The average molecular weight is 350 g/mol. The van der Waals surface area contributed by atoms with Crippen LogP contribution in [-0.2, 0) is 4.79 Å². The second-order valence-electron chi connectivity index (χ2n) is 6.03. The summed E-state index contributed by atoms with van der Waals surface area (Å²) >= 11 is 6.17. The van der Waals surface area contributed by atoms with E-state index < -0.39 is 11.9 Å². The number of amides is 1. The van der Waals surface area contributed by atoms with Gasteiger partial charge >= 0.3 is 5.97 Å². The van der Waals surface area contributed by atoms with Crippen molar-refractivity contribution in [1.29, 1.82) is 0 Å². The highest BCUT2D eigenvalue weighted by molar-refractivity contribution is 6.32. The molecule has 1 aromatic carbocycles. The van der Waals surface area contributed by atoms with E-state index in [0.29, 0.717) is 22.8 Å². The number of carboxylic acid groups (broad SMARTS) is 1. The van der Waals surface area contributed by atoms with Gasteiger partial charge in [0.2, 0.25) is 0 Å². The van der Waals surface area contributed by atoms with Gasteiger partial charge in [-0.2, -0.15) is 5.10 Å². The van der Waals surface area contributed by atoms with E-state index >= 15 is 0 Å². The van der Waals surface area contributed by atoms with Crippen molar-refractivity contribution in [3.63, 3.8) is 0 Å². The lowest BCUT2D eigenvalue weighted by Crippen LogP contribution is -2.38. The van der Waals surface area contributed by atoms with E-state index in [1.54, 1.807) is 29.9 Å². The summed E-state index contributed by atoms with van der Waals surface area (Å²) in [6.07, 6.45) is 1.71. The first-order chi connectivity index (χ1) is 11.3. The van der Waals surface area contributed by atoms with Gasteiger partial charge in [0.05, 0.1) is 10.7 Å². The molecule has 0 saturated carbocycles. The summed E-state index contributed by atoms with van der Waals surface area (Å²) in [5.74, 6) is -1.29. The van der Waals surface area contributed by atoms with Gasteiger partial charge in [0.25, 0.3) is 5.91 Å². The van der Waals surface area contributed by atoms with Crippen molar-refractivity contribution in [3.05, 3.63) is 46.7 Å². The van der Waals surface area contributed by atoms with Crippen molar-refractivity contribution in [2.45, 2.75) is 20.8 Å². The number of aliphatic carboxylic acids is 1. The second-order valence-corrected chi connectivity index (χ2v) is 6.44. The van der Waals surface area contributed by atoms with Crippen molar-refractivity contribution < 1.29 is 14.7 Å². The zero-order chi connectivity index (χ0) is 17.9. The van der Waals surface area contributed by atoms with E-state index in [0.717, 1.165) is 0 Å². The first-order valence-corrected chi connectivity index (χ1v) is 7.99. The monoisotopic (exact) mass is 349 g/mol. The lowest BCUT2D eigenvalue weighted by atomic mass is 10.2. The highest BCUT2D eigenvalue weighted by Crippen LogP contribution is 2.21. The van der Waals surface area contributed by atoms with E-state index in [9.17, 15) is 9.59 Å². The molecule has 0 saturated heterocycles. The maximum absolute atomic E-state index is 12.7. The van der Waals surface area contributed by atoms with Gasteiger partial charge in [-0.1, -0.05) is 37.6 Å². The fourth-order valence-corrected chi connectivity index (χ4v) is 2.63. The van der Waals surface area contributed by atoms with E-state index in [-0.39, 0.29) is 18.2 Å². The molecule has 1 amide bonds. The standard InChI is InChI=1S/C17H20ClN3O3/c1-11(2)8-20(10-15(22)23)17(24)16-12(3)9-21(19-16)14-7-5-4-6-13(14)18/h4-7,9,11H,8,10H2,1-3H3,(H,22,23). The van der Waals surface area contributed by atoms with Crippen LogP contribution in [0.3, 0.4) is 0 Å². The summed E-state index contributed by atoms with van der Waals surface area (Å²) in [5.41, 5.74) is 1.56. The number of aryl methyl sites for hydroxylation is 1. The molecule has 0 aliphatic carbocycles. The number of carbonyl (C=O) groups is 2. The van der Waals surface area contributed by atoms with Gasteiger partial charge in [-0.3, -0.25) is 9.59 Å². The van der Waals surface area contributed by atoms with Gasteiger partial charge in [0, 0.05) is 18.3 Å². The number of nitrogens with zero attached hydrogens (tertiary/aromatic N) is 3. The Balaban J connectivity index is 2.35. The number of hydrogen-bond acceptors (Lipinski definition) is 3. The highest BCUT2D eigenvalue weighted by Gasteiger charge is 2.24. The molecule has 2 rings (SSSR count). The van der Waals surface area contributed by atoms with Crippen LogP contribution in [0.4, 0.5) is 0 Å². The third kappa shape index (κ3) is 4.14. The average Bonchev–Trinajstić information content (AvgIpc) is 2.87. The van der Waals surface area contributed by atoms with Crippen molar-refractivity contribution in [3.8, 4) is 5.69 Å². The van der Waals surface area contributed by atoms with Crippen molar-refractivity contribution in [2.75, 3.05) is 13.1 Å². The minimum absolute atomic E-state index is 0.152. The fourth-order valence-electron chi connectivity index (χ4n) is 2.41. The van der Waals surface area contributed by atoms with Gasteiger partial charge in [-0.05, 0) is 25.0 Å². The number of rotatable bonds is 6. The molecule has 0 atom stereocenters. The topological polar surface area (TPSA) is 75.4 Å². The molecule has 0 fully saturated rings. The molecule has 128 valence electrons. The van der Waals surface area contributed by atoms with Gasteiger partial charge in [-0.15, -0.1) is 0 Å². The molecule has 6 nitrogen and oxygen atoms in total. The number of carboxylic acids is 1. The normalized spacial score (nSPS) is 10.9. The summed E-state index contributed by atoms with van der Waals surface area (Å²) in [5, 5.41) is 13.9. The quantitative estimate of drug-likeness (QED) is 0.869. The van der Waals surface area contributed by atoms with Gasteiger partial charge < -0.3 is 10.0 Å². The van der Waals surface area contributed by atoms with Crippen LogP contribution in [0.1, 0.15) is 29.9 Å². The number of aromatic nitrogens is 2. The molecule has 0 unspecified atom stereocenters. The first kappa shape index (κ1) is 18.0. The van der Waals surface area contributed by atoms with E-state index in [4.69, 9.17) is 16.7 Å². The number of halogens is 1. The second kappa shape index (κ2) is 7.49. The number of carbonyl (C=O) groups excluding carboxylic acids is 1. The number of para-hydroxylation sites is 1. The van der Waals surface area contributed by atoms with Gasteiger partial charge in [0.15, 0.2) is 5.69 Å². The predicted molar refractivity (Wildman–Crippen MR) is 91.7 cm³/mol. The molecule has 1 aromatic heterocycles. The third-order valence-corrected chi connectivity index (χ3v) is 3.72. The fraction of sp³-hybridized carbons (Fsp3) is 0.353. The van der Waals surface area contributed by atoms with Crippen LogP contribution in [-0.4, -0.2) is 44.8 Å². The van der Waals surface area contributed by atoms with Gasteiger partial charge in [0.1, 0.15) is 6.54 Å². The molecule has 0 radical (unpaired) electrons. The Morgan fingerprint density at radius 1 is 1.33 bits per heavy atom. The SMILES string of the molecule is Cc1cn(-c2ccccc2Cl)nc1C(=O)N(CC(=O)O)CC(C)C. The van der Waals surface area contributed by atoms with Crippen LogP contribution in [0.5, 0.6) is 0 Å². The molecule has 1 N–H and O–H groups in total. The van der Waals surface area contributed by atoms with E-state index in [1.807, 2.05) is 26.0 Å². The molecule has 0 spiro atoms. The molecule has 0 bridgehead atoms. The largest absolute Gasteiger partial charge is 0.480 e. The van der Waals surface area contributed by atoms with Crippen molar-refractivity contribution >= 4 is 23.5 Å². The lowest BCUT2D eigenvalue weighted by molar-refractivity contribution is -0.137. The minimum atomic E-state index is -1.05. The van der Waals surface area contributed by atoms with Crippen LogP contribution in [0.15, 0.2) is 30.5 Å². The molecule has 1 heterocycles. The summed E-state index contributed by atoms with van der Waals surface area (Å²) in [4.78, 5) is 25.1. The Morgan fingerprint density at radius 3 is 2.58 bits per heavy atom. The number of benzene rings is 1. The number of hydrogen-bond donors (Lipinski definition) is 1. The Bertz CT molecular complexity index is 755. The van der Waals surface area contributed by atoms with Crippen LogP contribution in [0.2, 0.25) is 5.02 Å². The highest BCUT2D eigenvalue weighted by atomic mass is 35.5. The van der Waals surface area contributed by atoms with Gasteiger partial charge in [-0.25, -0.2) is 4.68 Å². The predicted octanol–water partition coefficient (Wildman–Crippen LogP) is 3.02. The Labute approximate surface area is 145 Å². The summed E-state index contributed by atoms with van der Waals surface area (Å²) in [6.45, 7) is 5.62. The zero-order valence-electron chi connectivity index (χ0n) is 13.9.